The highest BCUT2D eigenvalue weighted by molar-refractivity contribution is 5.82. The first kappa shape index (κ1) is 37.6. The number of benzene rings is 2. The highest BCUT2D eigenvalue weighted by Gasteiger charge is 2.37. The van der Waals surface area contributed by atoms with Gasteiger partial charge in [-0.2, -0.15) is 39.5 Å². The third-order valence-electron chi connectivity index (χ3n) is 6.15. The van der Waals surface area contributed by atoms with Crippen LogP contribution in [0.3, 0.4) is 0 Å². The van der Waals surface area contributed by atoms with Gasteiger partial charge < -0.3 is 19.9 Å². The molecule has 0 unspecified atom stereocenters. The van der Waals surface area contributed by atoms with E-state index in [9.17, 15) is 49.1 Å². The van der Waals surface area contributed by atoms with Gasteiger partial charge in [-0.05, 0) is 69.7 Å². The van der Waals surface area contributed by atoms with Gasteiger partial charge >= 0.3 is 24.6 Å². The number of amides is 2. The van der Waals surface area contributed by atoms with Crippen molar-refractivity contribution in [1.29, 1.82) is 0 Å². The number of nitrogens with one attached hydrogen (secondary N) is 2. The molecule has 0 saturated heterocycles. The predicted molar refractivity (Wildman–Crippen MR) is 155 cm³/mol. The number of nitrogens with zero attached hydrogens (tertiary/aromatic N) is 3. The van der Waals surface area contributed by atoms with Crippen molar-refractivity contribution in [2.45, 2.75) is 64.9 Å². The van der Waals surface area contributed by atoms with Gasteiger partial charge in [-0.25, -0.2) is 14.8 Å². The van der Waals surface area contributed by atoms with E-state index in [1.54, 1.807) is 45.9 Å². The largest absolute Gasteiger partial charge is 0.444 e. The van der Waals surface area contributed by atoms with Gasteiger partial charge in [0.1, 0.15) is 23.5 Å². The molecule has 2 aromatic heterocycles. The highest BCUT2D eigenvalue weighted by Crippen LogP contribution is 2.37. The van der Waals surface area contributed by atoms with Crippen LogP contribution < -0.4 is 10.6 Å². The highest BCUT2D eigenvalue weighted by atomic mass is 19.4. The fourth-order valence-corrected chi connectivity index (χ4v) is 4.13. The minimum Gasteiger partial charge on any atom is -0.444 e. The average molecular weight is 692 g/mol. The monoisotopic (exact) mass is 691 g/mol. The summed E-state index contributed by atoms with van der Waals surface area (Å²) in [5.41, 5.74) is -3.39. The van der Waals surface area contributed by atoms with E-state index in [0.29, 0.717) is 23.2 Å². The topological polar surface area (TPSA) is 98.1 Å². The van der Waals surface area contributed by atoms with Crippen LogP contribution in [-0.4, -0.2) is 38.7 Å². The molecule has 48 heavy (non-hydrogen) atoms. The third kappa shape index (κ3) is 11.2. The number of ether oxygens (including phenoxy) is 1. The van der Waals surface area contributed by atoms with E-state index in [-0.39, 0.29) is 29.6 Å². The van der Waals surface area contributed by atoms with E-state index in [4.69, 9.17) is 4.74 Å². The first-order valence-electron chi connectivity index (χ1n) is 14.0. The van der Waals surface area contributed by atoms with E-state index < -0.39 is 65.9 Å². The summed E-state index contributed by atoms with van der Waals surface area (Å²) < 4.78 is 122. The molecule has 2 N–H and O–H groups in total. The smallest absolute Gasteiger partial charge is 0.416 e. The van der Waals surface area contributed by atoms with Gasteiger partial charge in [-0.1, -0.05) is 23.8 Å². The molecule has 0 saturated carbocycles. The number of rotatable bonds is 6. The molecular weight excluding hydrogens is 661 g/mol. The van der Waals surface area contributed by atoms with Gasteiger partial charge in [0.05, 0.1) is 29.8 Å². The Morgan fingerprint density at radius 2 is 1.40 bits per heavy atom. The lowest BCUT2D eigenvalue weighted by Crippen LogP contribution is -2.39. The van der Waals surface area contributed by atoms with Gasteiger partial charge in [-0.15, -0.1) is 0 Å². The number of alkyl carbamates (subject to hydrolysis) is 1. The molecule has 17 heteroatoms. The number of aryl methyl sites for hydroxylation is 1. The van der Waals surface area contributed by atoms with Crippen LogP contribution in [0.1, 0.15) is 54.4 Å². The van der Waals surface area contributed by atoms with Crippen molar-refractivity contribution in [3.8, 4) is 0 Å². The summed E-state index contributed by atoms with van der Waals surface area (Å²) >= 11 is 0. The Morgan fingerprint density at radius 3 is 1.92 bits per heavy atom. The SMILES string of the molecule is CC(C)(C)OC(=O)NCC(=O)NCc1nc2cccnc2n1Cc1cc(C(F)(F)F)cc(C(F)(F)F)c1.Cc1cccc(C(F)(F)F)c1. The number of carbonyl (C=O) groups excluding carboxylic acids is 2. The van der Waals surface area contributed by atoms with Crippen molar-refractivity contribution < 1.29 is 53.8 Å². The molecular formula is C31H30F9N5O3. The number of alkyl halides is 9. The van der Waals surface area contributed by atoms with E-state index in [1.807, 2.05) is 0 Å². The van der Waals surface area contributed by atoms with Crippen molar-refractivity contribution in [2.24, 2.45) is 0 Å². The molecule has 0 aliphatic carbocycles. The van der Waals surface area contributed by atoms with Gasteiger partial charge in [0.15, 0.2) is 5.65 Å². The van der Waals surface area contributed by atoms with Crippen molar-refractivity contribution in [3.05, 3.63) is 94.4 Å². The first-order valence-corrected chi connectivity index (χ1v) is 14.0. The molecule has 8 nitrogen and oxygen atoms in total. The second-order valence-electron chi connectivity index (χ2n) is 11.4. The van der Waals surface area contributed by atoms with Crippen LogP contribution in [-0.2, 0) is 41.1 Å². The Balaban J connectivity index is 0.000000480. The number of hydrogen-bond donors (Lipinski definition) is 2. The van der Waals surface area contributed by atoms with Gasteiger partial charge in [-0.3, -0.25) is 4.79 Å². The number of pyridine rings is 1. The van der Waals surface area contributed by atoms with E-state index in [1.165, 1.54) is 16.8 Å². The third-order valence-corrected chi connectivity index (χ3v) is 6.15. The standard InChI is InChI=1S/C23H23F6N5O3.C8H7F3/c1-21(2,3)37-20(36)32-11-18(35)31-10-17-33-16-5-4-6-30-19(16)34(17)12-13-7-14(22(24,25)26)9-15(8-13)23(27,28)29;1-6-3-2-4-7(5-6)8(9,10)11/h4-9H,10-12H2,1-3H3,(H,31,35)(H,32,36);2-5H,1H3. The van der Waals surface area contributed by atoms with Crippen LogP contribution in [0.5, 0.6) is 0 Å². The molecule has 2 amide bonds. The molecule has 0 fully saturated rings. The summed E-state index contributed by atoms with van der Waals surface area (Å²) in [6.07, 6.45) is -13.6. The maximum Gasteiger partial charge on any atom is 0.416 e. The lowest BCUT2D eigenvalue weighted by atomic mass is 10.0. The molecule has 4 aromatic rings. The Bertz CT molecular complexity index is 1710. The zero-order valence-corrected chi connectivity index (χ0v) is 25.9. The summed E-state index contributed by atoms with van der Waals surface area (Å²) in [6.45, 7) is 5.47. The molecule has 4 rings (SSSR count). The Kier molecular flexibility index (Phi) is 11.4. The van der Waals surface area contributed by atoms with Crippen LogP contribution >= 0.6 is 0 Å². The Morgan fingerprint density at radius 1 is 0.792 bits per heavy atom. The van der Waals surface area contributed by atoms with Gasteiger partial charge in [0.25, 0.3) is 0 Å². The summed E-state index contributed by atoms with van der Waals surface area (Å²) in [5.74, 6) is -0.499. The number of carbonyl (C=O) groups is 2. The van der Waals surface area contributed by atoms with Crippen LogP contribution in [0.4, 0.5) is 44.3 Å². The summed E-state index contributed by atoms with van der Waals surface area (Å²) in [5, 5.41) is 4.77. The number of hydrogen-bond acceptors (Lipinski definition) is 5. The molecule has 260 valence electrons. The molecule has 0 aliphatic rings. The molecule has 0 spiro atoms. The lowest BCUT2D eigenvalue weighted by molar-refractivity contribution is -0.143. The number of fused-ring (bicyclic) bond motifs is 1. The van der Waals surface area contributed by atoms with Crippen LogP contribution in [0.15, 0.2) is 60.8 Å². The van der Waals surface area contributed by atoms with Gasteiger partial charge in [0.2, 0.25) is 5.91 Å². The molecule has 0 aliphatic heterocycles. The molecule has 2 heterocycles. The normalized spacial score (nSPS) is 12.3. The molecule has 0 radical (unpaired) electrons. The Labute approximate surface area is 268 Å². The fourth-order valence-electron chi connectivity index (χ4n) is 4.13. The van der Waals surface area contributed by atoms with E-state index in [0.717, 1.165) is 12.1 Å². The second kappa shape index (κ2) is 14.5. The zero-order chi connectivity index (χ0) is 36.1. The predicted octanol–water partition coefficient (Wildman–Crippen LogP) is 7.67. The van der Waals surface area contributed by atoms with Crippen molar-refractivity contribution in [1.82, 2.24) is 25.2 Å². The fraction of sp³-hybridized carbons (Fsp3) is 0.355. The first-order chi connectivity index (χ1) is 22.0. The maximum absolute atomic E-state index is 13.3. The molecule has 0 atom stereocenters. The van der Waals surface area contributed by atoms with Gasteiger partial charge in [0, 0.05) is 6.20 Å². The van der Waals surface area contributed by atoms with Crippen molar-refractivity contribution in [2.75, 3.05) is 6.54 Å². The molecule has 2 aromatic carbocycles. The number of halogens is 9. The number of aromatic nitrogens is 3. The van der Waals surface area contributed by atoms with Crippen LogP contribution in [0.25, 0.3) is 11.2 Å². The summed E-state index contributed by atoms with van der Waals surface area (Å²) in [7, 11) is 0. The second-order valence-corrected chi connectivity index (χ2v) is 11.4. The van der Waals surface area contributed by atoms with E-state index in [2.05, 4.69) is 20.6 Å². The van der Waals surface area contributed by atoms with Crippen molar-refractivity contribution in [3.63, 3.8) is 0 Å². The summed E-state index contributed by atoms with van der Waals surface area (Å²) in [6, 6.07) is 9.63. The minimum atomic E-state index is -5.00. The molecule has 0 bridgehead atoms. The summed E-state index contributed by atoms with van der Waals surface area (Å²) in [4.78, 5) is 32.3. The maximum atomic E-state index is 13.3. The van der Waals surface area contributed by atoms with Crippen LogP contribution in [0.2, 0.25) is 0 Å². The quantitative estimate of drug-likeness (QED) is 0.202. The average Bonchev–Trinajstić information content (AvgIpc) is 3.30. The van der Waals surface area contributed by atoms with Crippen molar-refractivity contribution >= 4 is 23.2 Å². The lowest BCUT2D eigenvalue weighted by Gasteiger charge is -2.19. The van der Waals surface area contributed by atoms with Crippen LogP contribution in [0, 0.1) is 6.92 Å². The Hall–Kier alpha value is -4.83. The zero-order valence-electron chi connectivity index (χ0n) is 25.9. The minimum absolute atomic E-state index is 0.0482. The number of imidazole rings is 1. The van der Waals surface area contributed by atoms with E-state index >= 15 is 0 Å².